The molecule has 0 fully saturated rings. The molecule has 0 aliphatic heterocycles. The Morgan fingerprint density at radius 2 is 1.97 bits per heavy atom. The molecule has 4 rings (SSSR count). The van der Waals surface area contributed by atoms with Crippen LogP contribution in [-0.2, 0) is 6.54 Å². The molecule has 0 aliphatic rings. The maximum Gasteiger partial charge on any atom is 0.261 e. The number of aromatic nitrogens is 2. The predicted octanol–water partition coefficient (Wildman–Crippen LogP) is 6.46. The van der Waals surface area contributed by atoms with Crippen molar-refractivity contribution in [3.63, 3.8) is 0 Å². The quantitative estimate of drug-likeness (QED) is 0.364. The Morgan fingerprint density at radius 1 is 1.14 bits per heavy atom. The summed E-state index contributed by atoms with van der Waals surface area (Å²) in [6.07, 6.45) is 3.45. The van der Waals surface area contributed by atoms with Crippen LogP contribution >= 0.6 is 34.5 Å². The third-order valence-electron chi connectivity index (χ3n) is 4.51. The average Bonchev–Trinajstić information content (AvgIpc) is 3.10. The van der Waals surface area contributed by atoms with Gasteiger partial charge < -0.3 is 0 Å². The van der Waals surface area contributed by atoms with Crippen molar-refractivity contribution in [1.82, 2.24) is 9.97 Å². The molecule has 2 aromatic heterocycles. The van der Waals surface area contributed by atoms with Crippen LogP contribution in [0.15, 0.2) is 54.9 Å². The first-order valence-corrected chi connectivity index (χ1v) is 10.5. The Labute approximate surface area is 182 Å². The normalized spacial score (nSPS) is 11.0. The molecular formula is C22H17Cl2N3OS. The molecule has 0 saturated carbocycles. The molecule has 0 saturated heterocycles. The summed E-state index contributed by atoms with van der Waals surface area (Å²) >= 11 is 13.8. The maximum absolute atomic E-state index is 13.5. The highest BCUT2D eigenvalue weighted by molar-refractivity contribution is 7.22. The number of rotatable bonds is 4. The lowest BCUT2D eigenvalue weighted by atomic mass is 10.1. The van der Waals surface area contributed by atoms with Crippen LogP contribution in [0.1, 0.15) is 27.0 Å². The Kier molecular flexibility index (Phi) is 5.54. The monoisotopic (exact) mass is 441 g/mol. The van der Waals surface area contributed by atoms with Gasteiger partial charge in [0, 0.05) is 17.4 Å². The lowest BCUT2D eigenvalue weighted by molar-refractivity contribution is 0.0985. The smallest absolute Gasteiger partial charge is 0.261 e. The number of amides is 1. The van der Waals surface area contributed by atoms with Crippen molar-refractivity contribution >= 4 is 55.8 Å². The summed E-state index contributed by atoms with van der Waals surface area (Å²) in [7, 11) is 0. The van der Waals surface area contributed by atoms with E-state index in [1.165, 1.54) is 11.3 Å². The van der Waals surface area contributed by atoms with E-state index in [4.69, 9.17) is 28.2 Å². The van der Waals surface area contributed by atoms with E-state index in [1.54, 1.807) is 35.5 Å². The van der Waals surface area contributed by atoms with E-state index < -0.39 is 0 Å². The zero-order valence-corrected chi connectivity index (χ0v) is 18.1. The van der Waals surface area contributed by atoms with Crippen molar-refractivity contribution in [3.05, 3.63) is 87.2 Å². The molecule has 1 amide bonds. The summed E-state index contributed by atoms with van der Waals surface area (Å²) in [6.45, 7) is 4.43. The maximum atomic E-state index is 13.5. The average molecular weight is 442 g/mol. The number of nitrogens with zero attached hydrogens (tertiary/aromatic N) is 3. The first-order chi connectivity index (χ1) is 13.9. The van der Waals surface area contributed by atoms with Gasteiger partial charge in [-0.2, -0.15) is 0 Å². The fourth-order valence-electron chi connectivity index (χ4n) is 3.19. The van der Waals surface area contributed by atoms with E-state index in [0.717, 1.165) is 26.9 Å². The van der Waals surface area contributed by atoms with Gasteiger partial charge in [0.05, 0.1) is 27.3 Å². The number of carbonyl (C=O) groups is 1. The third-order valence-corrected chi connectivity index (χ3v) is 6.29. The highest BCUT2D eigenvalue weighted by Gasteiger charge is 2.24. The van der Waals surface area contributed by atoms with Gasteiger partial charge in [0.25, 0.3) is 5.91 Å². The second kappa shape index (κ2) is 8.11. The number of anilines is 1. The molecular weight excluding hydrogens is 425 g/mol. The van der Waals surface area contributed by atoms with Crippen LogP contribution in [0.3, 0.4) is 0 Å². The van der Waals surface area contributed by atoms with Gasteiger partial charge in [-0.1, -0.05) is 46.7 Å². The van der Waals surface area contributed by atoms with E-state index in [-0.39, 0.29) is 5.91 Å². The van der Waals surface area contributed by atoms with Crippen molar-refractivity contribution < 1.29 is 4.79 Å². The minimum Gasteiger partial charge on any atom is -0.279 e. The second-order valence-electron chi connectivity index (χ2n) is 6.80. The lowest BCUT2D eigenvalue weighted by Crippen LogP contribution is -2.30. The largest absolute Gasteiger partial charge is 0.279 e. The number of halogens is 2. The molecule has 2 aromatic carbocycles. The Balaban J connectivity index is 1.82. The predicted molar refractivity (Wildman–Crippen MR) is 120 cm³/mol. The topological polar surface area (TPSA) is 46.1 Å². The molecule has 146 valence electrons. The van der Waals surface area contributed by atoms with Crippen LogP contribution in [0, 0.1) is 13.8 Å². The van der Waals surface area contributed by atoms with Crippen molar-refractivity contribution in [2.45, 2.75) is 20.4 Å². The molecule has 0 radical (unpaired) electrons. The molecule has 0 N–H and O–H groups in total. The number of carbonyl (C=O) groups excluding carboxylic acids is 1. The zero-order chi connectivity index (χ0) is 20.5. The first-order valence-electron chi connectivity index (χ1n) is 8.96. The Hall–Kier alpha value is -2.47. The van der Waals surface area contributed by atoms with Crippen LogP contribution in [0.2, 0.25) is 10.0 Å². The summed E-state index contributed by atoms with van der Waals surface area (Å²) in [5, 5.41) is 1.41. The lowest BCUT2D eigenvalue weighted by Gasteiger charge is -2.20. The van der Waals surface area contributed by atoms with Gasteiger partial charge in [-0.3, -0.25) is 14.7 Å². The van der Waals surface area contributed by atoms with Gasteiger partial charge >= 0.3 is 0 Å². The molecule has 0 atom stereocenters. The summed E-state index contributed by atoms with van der Waals surface area (Å²) in [4.78, 5) is 24.0. The van der Waals surface area contributed by atoms with Crippen LogP contribution in [-0.4, -0.2) is 15.9 Å². The summed E-state index contributed by atoms with van der Waals surface area (Å²) in [6, 6.07) is 12.8. The van der Waals surface area contributed by atoms with Gasteiger partial charge in [-0.25, -0.2) is 4.98 Å². The highest BCUT2D eigenvalue weighted by Crippen LogP contribution is 2.34. The number of aryl methyl sites for hydroxylation is 2. The fourth-order valence-corrected chi connectivity index (χ4v) is 4.69. The van der Waals surface area contributed by atoms with Gasteiger partial charge in [-0.15, -0.1) is 0 Å². The molecule has 0 bridgehead atoms. The molecule has 29 heavy (non-hydrogen) atoms. The summed E-state index contributed by atoms with van der Waals surface area (Å²) in [5.41, 5.74) is 4.44. The summed E-state index contributed by atoms with van der Waals surface area (Å²) in [5.74, 6) is -0.232. The number of hydrogen-bond acceptors (Lipinski definition) is 4. The zero-order valence-electron chi connectivity index (χ0n) is 15.8. The molecule has 4 nitrogen and oxygen atoms in total. The van der Waals surface area contributed by atoms with Crippen molar-refractivity contribution in [2.75, 3.05) is 4.90 Å². The van der Waals surface area contributed by atoms with E-state index in [1.807, 2.05) is 25.1 Å². The summed E-state index contributed by atoms with van der Waals surface area (Å²) < 4.78 is 1.07. The van der Waals surface area contributed by atoms with Gasteiger partial charge in [-0.05, 0) is 60.9 Å². The van der Waals surface area contributed by atoms with E-state index in [0.29, 0.717) is 27.3 Å². The number of pyridine rings is 1. The van der Waals surface area contributed by atoms with Crippen LogP contribution in [0.25, 0.3) is 10.2 Å². The Morgan fingerprint density at radius 3 is 2.69 bits per heavy atom. The molecule has 7 heteroatoms. The fraction of sp³-hybridized carbons (Fsp3) is 0.136. The van der Waals surface area contributed by atoms with Crippen molar-refractivity contribution in [3.8, 4) is 0 Å². The van der Waals surface area contributed by atoms with E-state index in [9.17, 15) is 4.79 Å². The molecule has 4 aromatic rings. The van der Waals surface area contributed by atoms with Crippen LogP contribution < -0.4 is 4.90 Å². The van der Waals surface area contributed by atoms with Gasteiger partial charge in [0.15, 0.2) is 5.13 Å². The standard InChI is InChI=1S/C22H17Cl2N3OS/c1-13-8-14(2)20-19(9-13)26-22(29-20)27(12-15-4-3-7-25-11-15)21(28)17-6-5-16(23)10-18(17)24/h3-11H,12H2,1-2H3. The number of thiazole rings is 1. The third kappa shape index (κ3) is 4.13. The molecule has 0 aliphatic carbocycles. The minimum absolute atomic E-state index is 0.232. The molecule has 2 heterocycles. The highest BCUT2D eigenvalue weighted by atomic mass is 35.5. The first kappa shape index (κ1) is 19.8. The SMILES string of the molecule is Cc1cc(C)c2sc(N(Cc3cccnc3)C(=O)c3ccc(Cl)cc3Cl)nc2c1. The van der Waals surface area contributed by atoms with E-state index >= 15 is 0 Å². The molecule has 0 unspecified atom stereocenters. The minimum atomic E-state index is -0.232. The number of hydrogen-bond donors (Lipinski definition) is 0. The van der Waals surface area contributed by atoms with Crippen molar-refractivity contribution in [2.24, 2.45) is 0 Å². The van der Waals surface area contributed by atoms with Gasteiger partial charge in [0.1, 0.15) is 0 Å². The molecule has 0 spiro atoms. The second-order valence-corrected chi connectivity index (χ2v) is 8.62. The Bertz CT molecular complexity index is 1210. The number of fused-ring (bicyclic) bond motifs is 1. The van der Waals surface area contributed by atoms with Crippen LogP contribution in [0.4, 0.5) is 5.13 Å². The van der Waals surface area contributed by atoms with Gasteiger partial charge in [0.2, 0.25) is 0 Å². The number of benzene rings is 2. The van der Waals surface area contributed by atoms with E-state index in [2.05, 4.69) is 18.0 Å². The van der Waals surface area contributed by atoms with Crippen molar-refractivity contribution in [1.29, 1.82) is 0 Å². The van der Waals surface area contributed by atoms with Crippen LogP contribution in [0.5, 0.6) is 0 Å².